The molecule has 1 aliphatic rings. The van der Waals surface area contributed by atoms with E-state index in [-0.39, 0.29) is 6.09 Å². The number of nitrogen functional groups attached to an aromatic ring is 1. The number of nitrogens with two attached hydrogens (primary N) is 1. The van der Waals surface area contributed by atoms with Crippen LogP contribution in [-0.4, -0.2) is 47.8 Å². The summed E-state index contributed by atoms with van der Waals surface area (Å²) in [6, 6.07) is 7.87. The summed E-state index contributed by atoms with van der Waals surface area (Å²) in [5, 5.41) is 0. The molecule has 2 aromatic rings. The van der Waals surface area contributed by atoms with Crippen LogP contribution < -0.4 is 15.4 Å². The molecule has 0 aliphatic carbocycles. The van der Waals surface area contributed by atoms with Gasteiger partial charge in [0.25, 0.3) is 0 Å². The number of hydrogen-bond acceptors (Lipinski definition) is 6. The fraction of sp³-hybridized carbons (Fsp3) is 0.478. The van der Waals surface area contributed by atoms with Crippen LogP contribution >= 0.6 is 0 Å². The molecular weight excluding hydrogens is 380 g/mol. The van der Waals surface area contributed by atoms with Crippen molar-refractivity contribution in [2.24, 2.45) is 0 Å². The Kier molecular flexibility index (Phi) is 6.10. The maximum atomic E-state index is 12.3. The average Bonchev–Trinajstić information content (AvgIpc) is 2.64. The first kappa shape index (κ1) is 21.7. The van der Waals surface area contributed by atoms with Crippen molar-refractivity contribution in [2.75, 3.05) is 36.8 Å². The Morgan fingerprint density at radius 1 is 1.03 bits per heavy atom. The third-order valence-electron chi connectivity index (χ3n) is 4.93. The lowest BCUT2D eigenvalue weighted by molar-refractivity contribution is 0.0240. The highest BCUT2D eigenvalue weighted by molar-refractivity contribution is 5.68. The Bertz CT molecular complexity index is 906. The largest absolute Gasteiger partial charge is 0.444 e. The standard InChI is InChI=1S/C23H32N4O3/c1-15-13-16(2)20(17(3)14-15)29-21-18(24)7-8-19(25-21)26-9-11-27(12-10-26)22(28)30-23(4,5)6/h7-8,13-14H,9-12,24H2,1-6H3. The van der Waals surface area contributed by atoms with Gasteiger partial charge in [-0.3, -0.25) is 0 Å². The molecule has 0 atom stereocenters. The van der Waals surface area contributed by atoms with Crippen LogP contribution in [0.2, 0.25) is 0 Å². The molecule has 1 aromatic heterocycles. The first-order valence-electron chi connectivity index (χ1n) is 10.3. The van der Waals surface area contributed by atoms with E-state index in [9.17, 15) is 4.79 Å². The quantitative estimate of drug-likeness (QED) is 0.803. The molecule has 1 saturated heterocycles. The SMILES string of the molecule is Cc1cc(C)c(Oc2nc(N3CCN(C(=O)OC(C)(C)C)CC3)ccc2N)c(C)c1. The van der Waals surface area contributed by atoms with Crippen molar-refractivity contribution in [1.82, 2.24) is 9.88 Å². The number of benzene rings is 1. The summed E-state index contributed by atoms with van der Waals surface area (Å²) < 4.78 is 11.6. The molecule has 3 rings (SSSR count). The molecule has 2 heterocycles. The first-order chi connectivity index (χ1) is 14.0. The molecule has 1 amide bonds. The van der Waals surface area contributed by atoms with Gasteiger partial charge in [0.15, 0.2) is 0 Å². The smallest absolute Gasteiger partial charge is 0.410 e. The molecule has 0 radical (unpaired) electrons. The van der Waals surface area contributed by atoms with E-state index in [1.54, 1.807) is 4.90 Å². The second kappa shape index (κ2) is 8.42. The Morgan fingerprint density at radius 3 is 2.20 bits per heavy atom. The monoisotopic (exact) mass is 412 g/mol. The van der Waals surface area contributed by atoms with Crippen LogP contribution in [0.25, 0.3) is 0 Å². The fourth-order valence-electron chi connectivity index (χ4n) is 3.57. The normalized spacial score (nSPS) is 14.6. The van der Waals surface area contributed by atoms with Crippen molar-refractivity contribution in [1.29, 1.82) is 0 Å². The molecule has 7 nitrogen and oxygen atoms in total. The molecule has 1 aliphatic heterocycles. The Balaban J connectivity index is 1.72. The van der Waals surface area contributed by atoms with Crippen LogP contribution in [0.1, 0.15) is 37.5 Å². The third-order valence-corrected chi connectivity index (χ3v) is 4.93. The van der Waals surface area contributed by atoms with Crippen LogP contribution in [0.3, 0.4) is 0 Å². The van der Waals surface area contributed by atoms with E-state index < -0.39 is 5.60 Å². The van der Waals surface area contributed by atoms with Gasteiger partial charge in [0.2, 0.25) is 5.88 Å². The molecule has 7 heteroatoms. The van der Waals surface area contributed by atoms with Crippen LogP contribution in [0.15, 0.2) is 24.3 Å². The number of carbonyl (C=O) groups is 1. The van der Waals surface area contributed by atoms with Crippen molar-refractivity contribution in [3.8, 4) is 11.6 Å². The molecule has 1 fully saturated rings. The zero-order valence-electron chi connectivity index (χ0n) is 18.8. The summed E-state index contributed by atoms with van der Waals surface area (Å²) in [5.74, 6) is 1.97. The lowest BCUT2D eigenvalue weighted by atomic mass is 10.1. The van der Waals surface area contributed by atoms with Crippen LogP contribution in [0, 0.1) is 20.8 Å². The number of aromatic nitrogens is 1. The van der Waals surface area contributed by atoms with Crippen LogP contribution in [-0.2, 0) is 4.74 Å². The summed E-state index contributed by atoms with van der Waals surface area (Å²) in [7, 11) is 0. The number of rotatable bonds is 3. The van der Waals surface area contributed by atoms with Gasteiger partial charge in [-0.1, -0.05) is 17.7 Å². The number of ether oxygens (including phenoxy) is 2. The highest BCUT2D eigenvalue weighted by Crippen LogP contribution is 2.33. The van der Waals surface area contributed by atoms with Gasteiger partial charge in [-0.2, -0.15) is 4.98 Å². The fourth-order valence-corrected chi connectivity index (χ4v) is 3.57. The van der Waals surface area contributed by atoms with E-state index in [4.69, 9.17) is 15.2 Å². The van der Waals surface area contributed by atoms with E-state index in [2.05, 4.69) is 28.9 Å². The topological polar surface area (TPSA) is 80.9 Å². The van der Waals surface area contributed by atoms with E-state index in [0.717, 1.165) is 22.7 Å². The number of piperazine rings is 1. The number of aryl methyl sites for hydroxylation is 3. The van der Waals surface area contributed by atoms with E-state index in [0.29, 0.717) is 37.7 Å². The molecule has 2 N–H and O–H groups in total. The van der Waals surface area contributed by atoms with Gasteiger partial charge in [-0.25, -0.2) is 4.79 Å². The van der Waals surface area contributed by atoms with Crippen LogP contribution in [0.5, 0.6) is 11.6 Å². The predicted molar refractivity (Wildman–Crippen MR) is 119 cm³/mol. The Hall–Kier alpha value is -2.96. The lowest BCUT2D eigenvalue weighted by Gasteiger charge is -2.36. The molecule has 0 saturated carbocycles. The summed E-state index contributed by atoms with van der Waals surface area (Å²) in [6.45, 7) is 14.2. The lowest BCUT2D eigenvalue weighted by Crippen LogP contribution is -2.50. The number of carbonyl (C=O) groups excluding carboxylic acids is 1. The predicted octanol–water partition coefficient (Wildman–Crippen LogP) is 4.44. The number of pyridine rings is 1. The number of amides is 1. The minimum Gasteiger partial charge on any atom is -0.444 e. The highest BCUT2D eigenvalue weighted by Gasteiger charge is 2.26. The van der Waals surface area contributed by atoms with E-state index >= 15 is 0 Å². The molecule has 162 valence electrons. The zero-order valence-corrected chi connectivity index (χ0v) is 18.8. The van der Waals surface area contributed by atoms with Crippen molar-refractivity contribution < 1.29 is 14.3 Å². The van der Waals surface area contributed by atoms with Crippen molar-refractivity contribution in [3.05, 3.63) is 41.0 Å². The van der Waals surface area contributed by atoms with Crippen molar-refractivity contribution >= 4 is 17.6 Å². The summed E-state index contributed by atoms with van der Waals surface area (Å²) in [5.41, 5.74) is 9.42. The molecule has 0 unspecified atom stereocenters. The number of nitrogens with zero attached hydrogens (tertiary/aromatic N) is 3. The zero-order chi connectivity index (χ0) is 22.1. The van der Waals surface area contributed by atoms with E-state index in [1.807, 2.05) is 46.8 Å². The average molecular weight is 413 g/mol. The molecule has 1 aromatic carbocycles. The maximum absolute atomic E-state index is 12.3. The van der Waals surface area contributed by atoms with Gasteiger partial charge in [0.1, 0.15) is 17.2 Å². The van der Waals surface area contributed by atoms with Gasteiger partial charge in [-0.15, -0.1) is 0 Å². The number of anilines is 2. The Morgan fingerprint density at radius 2 is 1.63 bits per heavy atom. The molecule has 0 bridgehead atoms. The third kappa shape index (κ3) is 5.14. The van der Waals surface area contributed by atoms with Gasteiger partial charge in [0, 0.05) is 26.2 Å². The van der Waals surface area contributed by atoms with Gasteiger partial charge in [0.05, 0.1) is 5.69 Å². The van der Waals surface area contributed by atoms with E-state index in [1.165, 1.54) is 5.56 Å². The van der Waals surface area contributed by atoms with Gasteiger partial charge < -0.3 is 25.0 Å². The molecular formula is C23H32N4O3. The second-order valence-corrected chi connectivity index (χ2v) is 8.85. The summed E-state index contributed by atoms with van der Waals surface area (Å²) >= 11 is 0. The minimum atomic E-state index is -0.495. The molecule has 0 spiro atoms. The van der Waals surface area contributed by atoms with Gasteiger partial charge >= 0.3 is 6.09 Å². The first-order valence-corrected chi connectivity index (χ1v) is 10.3. The van der Waals surface area contributed by atoms with Gasteiger partial charge in [-0.05, 0) is 64.8 Å². The minimum absolute atomic E-state index is 0.276. The maximum Gasteiger partial charge on any atom is 0.410 e. The van der Waals surface area contributed by atoms with Crippen molar-refractivity contribution in [2.45, 2.75) is 47.1 Å². The second-order valence-electron chi connectivity index (χ2n) is 8.85. The van der Waals surface area contributed by atoms with Crippen LogP contribution in [0.4, 0.5) is 16.3 Å². The summed E-state index contributed by atoms with van der Waals surface area (Å²) in [4.78, 5) is 20.8. The summed E-state index contributed by atoms with van der Waals surface area (Å²) in [6.07, 6.45) is -0.276. The molecule has 30 heavy (non-hydrogen) atoms. The number of hydrogen-bond donors (Lipinski definition) is 1. The highest BCUT2D eigenvalue weighted by atomic mass is 16.6. The van der Waals surface area contributed by atoms with Crippen molar-refractivity contribution in [3.63, 3.8) is 0 Å². The Labute approximate surface area is 178 Å².